The van der Waals surface area contributed by atoms with Gasteiger partial charge < -0.3 is 10.2 Å². The smallest absolute Gasteiger partial charge is 0.194 e. The number of aromatic nitrogens is 1. The first kappa shape index (κ1) is 23.8. The molecule has 0 bridgehead atoms. The highest BCUT2D eigenvalue weighted by Gasteiger charge is 2.18. The van der Waals surface area contributed by atoms with Crippen molar-refractivity contribution < 1.29 is 12.8 Å². The van der Waals surface area contributed by atoms with Gasteiger partial charge in [0.05, 0.1) is 29.5 Å². The van der Waals surface area contributed by atoms with E-state index < -0.39 is 15.7 Å². The summed E-state index contributed by atoms with van der Waals surface area (Å²) < 4.78 is 38.3. The molecule has 0 spiro atoms. The van der Waals surface area contributed by atoms with Crippen LogP contribution in [0.5, 0.6) is 0 Å². The maximum Gasteiger partial charge on any atom is 0.194 e. The summed E-state index contributed by atoms with van der Waals surface area (Å²) in [5, 5.41) is 6.11. The van der Waals surface area contributed by atoms with E-state index in [-0.39, 0.29) is 41.2 Å². The molecule has 27 heavy (non-hydrogen) atoms. The van der Waals surface area contributed by atoms with Crippen LogP contribution in [0.1, 0.15) is 17.6 Å². The molecule has 1 heterocycles. The topological polar surface area (TPSA) is 74.7 Å². The van der Waals surface area contributed by atoms with Crippen molar-refractivity contribution in [3.63, 3.8) is 0 Å². The van der Waals surface area contributed by atoms with Gasteiger partial charge in [-0.05, 0) is 26.0 Å². The van der Waals surface area contributed by atoms with E-state index >= 15 is 0 Å². The van der Waals surface area contributed by atoms with Crippen molar-refractivity contribution in [2.75, 3.05) is 25.9 Å². The molecule has 1 N–H and O–H groups in total. The summed E-state index contributed by atoms with van der Waals surface area (Å²) in [6.07, 6.45) is 0. The Hall–Kier alpha value is -1.27. The highest BCUT2D eigenvalue weighted by Crippen LogP contribution is 2.15. The van der Waals surface area contributed by atoms with Crippen LogP contribution in [0.25, 0.3) is 0 Å². The molecule has 2 aromatic rings. The zero-order chi connectivity index (χ0) is 19.2. The summed E-state index contributed by atoms with van der Waals surface area (Å²) in [7, 11) is -1.86. The van der Waals surface area contributed by atoms with Crippen LogP contribution in [0, 0.1) is 12.7 Å². The summed E-state index contributed by atoms with van der Waals surface area (Å²) in [4.78, 5) is 10.4. The maximum atomic E-state index is 13.7. The van der Waals surface area contributed by atoms with E-state index in [9.17, 15) is 12.8 Å². The van der Waals surface area contributed by atoms with Gasteiger partial charge >= 0.3 is 0 Å². The van der Waals surface area contributed by atoms with Crippen LogP contribution >= 0.6 is 35.3 Å². The highest BCUT2D eigenvalue weighted by atomic mass is 127. The molecule has 6 nitrogen and oxygen atoms in total. The predicted octanol–water partition coefficient (Wildman–Crippen LogP) is 3.08. The molecule has 0 amide bonds. The first-order valence-electron chi connectivity index (χ1n) is 8.21. The van der Waals surface area contributed by atoms with E-state index in [0.29, 0.717) is 19.0 Å². The molecule has 150 valence electrons. The van der Waals surface area contributed by atoms with Crippen molar-refractivity contribution in [3.05, 3.63) is 46.2 Å². The largest absolute Gasteiger partial charge is 0.357 e. The molecule has 0 unspecified atom stereocenters. The average Bonchev–Trinajstić information content (AvgIpc) is 2.99. The van der Waals surface area contributed by atoms with Crippen LogP contribution in [0.4, 0.5) is 4.39 Å². The van der Waals surface area contributed by atoms with Crippen LogP contribution in [-0.4, -0.2) is 50.2 Å². The lowest BCUT2D eigenvalue weighted by Crippen LogP contribution is -2.38. The molecule has 0 aliphatic rings. The number of guanidine groups is 1. The summed E-state index contributed by atoms with van der Waals surface area (Å²) in [5.74, 6) is -0.409. The number of aliphatic imine (C=N–C) groups is 1. The van der Waals surface area contributed by atoms with Crippen LogP contribution < -0.4 is 5.32 Å². The van der Waals surface area contributed by atoms with Gasteiger partial charge in [0.15, 0.2) is 15.8 Å². The number of nitrogens with zero attached hydrogens (tertiary/aromatic N) is 3. The second kappa shape index (κ2) is 10.9. The Morgan fingerprint density at radius 1 is 1.37 bits per heavy atom. The van der Waals surface area contributed by atoms with Crippen LogP contribution in [-0.2, 0) is 16.4 Å². The van der Waals surface area contributed by atoms with E-state index in [1.807, 2.05) is 31.2 Å². The van der Waals surface area contributed by atoms with Crippen LogP contribution in [0.15, 0.2) is 39.5 Å². The summed E-state index contributed by atoms with van der Waals surface area (Å²) in [5.41, 5.74) is 0.930. The molecule has 10 heteroatoms. The Kier molecular flexibility index (Phi) is 9.60. The van der Waals surface area contributed by atoms with E-state index in [2.05, 4.69) is 15.3 Å². The number of nitrogens with one attached hydrogen (secondary N) is 1. The van der Waals surface area contributed by atoms with Crippen LogP contribution in [0.2, 0.25) is 0 Å². The third-order valence-corrected chi connectivity index (χ3v) is 6.10. The Morgan fingerprint density at radius 3 is 2.67 bits per heavy atom. The zero-order valence-corrected chi connectivity index (χ0v) is 19.4. The van der Waals surface area contributed by atoms with Crippen molar-refractivity contribution >= 4 is 51.1 Å². The van der Waals surface area contributed by atoms with Crippen molar-refractivity contribution in [2.24, 2.45) is 4.99 Å². The Balaban J connectivity index is 0.00000364. The monoisotopic (exact) mass is 526 g/mol. The fraction of sp³-hybridized carbons (Fsp3) is 0.412. The number of halogens is 2. The number of rotatable bonds is 7. The lowest BCUT2D eigenvalue weighted by molar-refractivity contribution is 0.471. The third kappa shape index (κ3) is 7.00. The molecule has 0 aliphatic heterocycles. The summed E-state index contributed by atoms with van der Waals surface area (Å²) >= 11 is 1.58. The van der Waals surface area contributed by atoms with E-state index in [0.717, 1.165) is 16.8 Å². The van der Waals surface area contributed by atoms with E-state index in [1.54, 1.807) is 11.3 Å². The molecule has 0 fully saturated rings. The fourth-order valence-corrected chi connectivity index (χ4v) is 4.15. The number of benzene rings is 1. The second-order valence-electron chi connectivity index (χ2n) is 5.70. The van der Waals surface area contributed by atoms with Gasteiger partial charge in [-0.25, -0.2) is 17.8 Å². The van der Waals surface area contributed by atoms with Gasteiger partial charge in [0.25, 0.3) is 0 Å². The van der Waals surface area contributed by atoms with Crippen LogP contribution in [0.3, 0.4) is 0 Å². The fourth-order valence-electron chi connectivity index (χ4n) is 2.35. The van der Waals surface area contributed by atoms with Gasteiger partial charge in [0, 0.05) is 19.0 Å². The number of hydrogen-bond acceptors (Lipinski definition) is 5. The van der Waals surface area contributed by atoms with Gasteiger partial charge in [-0.3, -0.25) is 4.99 Å². The molecular formula is C17H24FIN4O2S2. The standard InChI is InChI=1S/C17H23FN4O2S2.HI/c1-4-19-17(22(3)11-14-12-25-13(2)21-14)20-9-10-26(23,24)16-8-6-5-7-15(16)18;/h5-8,12H,4,9-11H2,1-3H3,(H,19,20);1H. The second-order valence-corrected chi connectivity index (χ2v) is 8.84. The number of aryl methyl sites for hydroxylation is 1. The average molecular weight is 526 g/mol. The molecule has 1 aromatic heterocycles. The lowest BCUT2D eigenvalue weighted by Gasteiger charge is -2.21. The van der Waals surface area contributed by atoms with Gasteiger partial charge in [0.2, 0.25) is 0 Å². The third-order valence-electron chi connectivity index (χ3n) is 3.56. The minimum atomic E-state index is -3.72. The zero-order valence-electron chi connectivity index (χ0n) is 15.5. The van der Waals surface area contributed by atoms with E-state index in [4.69, 9.17) is 0 Å². The summed E-state index contributed by atoms with van der Waals surface area (Å²) in [6, 6.07) is 5.39. The minimum Gasteiger partial charge on any atom is -0.357 e. The van der Waals surface area contributed by atoms with Crippen molar-refractivity contribution in [2.45, 2.75) is 25.3 Å². The SMILES string of the molecule is CCNC(=NCCS(=O)(=O)c1ccccc1F)N(C)Cc1csc(C)n1.I. The maximum absolute atomic E-state index is 13.7. The molecule has 0 saturated carbocycles. The van der Waals surface area contributed by atoms with Gasteiger partial charge in [-0.1, -0.05) is 12.1 Å². The first-order valence-corrected chi connectivity index (χ1v) is 10.7. The van der Waals surface area contributed by atoms with Gasteiger partial charge in [-0.2, -0.15) is 0 Å². The normalized spacial score (nSPS) is 11.8. The molecular weight excluding hydrogens is 502 g/mol. The number of thiazole rings is 1. The molecule has 0 atom stereocenters. The van der Waals surface area contributed by atoms with E-state index in [1.165, 1.54) is 18.2 Å². The molecule has 0 aliphatic carbocycles. The van der Waals surface area contributed by atoms with Crippen molar-refractivity contribution in [1.29, 1.82) is 0 Å². The van der Waals surface area contributed by atoms with Gasteiger partial charge in [-0.15, -0.1) is 35.3 Å². The number of sulfone groups is 1. The molecule has 0 radical (unpaired) electrons. The Bertz CT molecular complexity index is 871. The molecule has 0 saturated heterocycles. The quantitative estimate of drug-likeness (QED) is 0.341. The molecule has 2 rings (SSSR count). The lowest BCUT2D eigenvalue weighted by atomic mass is 10.3. The number of hydrogen-bond donors (Lipinski definition) is 1. The predicted molar refractivity (Wildman–Crippen MR) is 118 cm³/mol. The Labute approximate surface area is 180 Å². The van der Waals surface area contributed by atoms with Gasteiger partial charge in [0.1, 0.15) is 10.7 Å². The van der Waals surface area contributed by atoms with Crippen molar-refractivity contribution in [1.82, 2.24) is 15.2 Å². The molecule has 1 aromatic carbocycles. The Morgan fingerprint density at radius 2 is 2.07 bits per heavy atom. The minimum absolute atomic E-state index is 0. The first-order chi connectivity index (χ1) is 12.3. The summed E-state index contributed by atoms with van der Waals surface area (Å²) in [6.45, 7) is 5.14. The highest BCUT2D eigenvalue weighted by molar-refractivity contribution is 14.0. The van der Waals surface area contributed by atoms with Crippen molar-refractivity contribution in [3.8, 4) is 0 Å².